The number of hydrogen-bond acceptors (Lipinski definition) is 12. The Kier molecular flexibility index (Phi) is 11.5. The molecule has 1 atom stereocenters. The molecule has 4 amide bonds. The third kappa shape index (κ3) is 7.96. The molecule has 0 bridgehead atoms. The average molecular weight is 889 g/mol. The van der Waals surface area contributed by atoms with Gasteiger partial charge in [-0.1, -0.05) is 0 Å². The van der Waals surface area contributed by atoms with Gasteiger partial charge in [-0.3, -0.25) is 49.0 Å². The molecule has 10 rings (SSSR count). The Balaban J connectivity index is 0.684. The van der Waals surface area contributed by atoms with Crippen LogP contribution in [-0.4, -0.2) is 138 Å². The van der Waals surface area contributed by atoms with Crippen molar-refractivity contribution in [3.05, 3.63) is 81.8 Å². The van der Waals surface area contributed by atoms with E-state index in [4.69, 9.17) is 9.47 Å². The lowest BCUT2D eigenvalue weighted by atomic mass is 9.66. The summed E-state index contributed by atoms with van der Waals surface area (Å²) in [4.78, 5) is 78.2. The molecule has 5 fully saturated rings. The normalized spacial score (nSPS) is 22.4. The van der Waals surface area contributed by atoms with Gasteiger partial charge in [0.1, 0.15) is 23.4 Å². The van der Waals surface area contributed by atoms with Gasteiger partial charge < -0.3 is 23.8 Å². The minimum Gasteiger partial charge on any atom is -0.496 e. The van der Waals surface area contributed by atoms with Crippen LogP contribution >= 0.6 is 0 Å². The zero-order valence-electron chi connectivity index (χ0n) is 37.4. The number of halogens is 1. The van der Waals surface area contributed by atoms with Crippen molar-refractivity contribution in [3.8, 4) is 22.6 Å². The number of piperidine rings is 2. The summed E-state index contributed by atoms with van der Waals surface area (Å²) >= 11 is 0. The van der Waals surface area contributed by atoms with Crippen molar-refractivity contribution < 1.29 is 33.0 Å². The van der Waals surface area contributed by atoms with E-state index in [0.29, 0.717) is 41.5 Å². The first-order chi connectivity index (χ1) is 31.4. The number of methoxy groups -OCH3 is 2. The van der Waals surface area contributed by atoms with Crippen LogP contribution in [0.1, 0.15) is 77.6 Å². The van der Waals surface area contributed by atoms with Crippen LogP contribution < -0.4 is 25.2 Å². The number of amides is 4. The molecule has 65 heavy (non-hydrogen) atoms. The standard InChI is InChI=1S/C49H57FN8O7/c1-53-28-37(33-8-13-51-24-36(33)46(53)61)31-20-42(64-2)38(43(21-31)65-3)29-55-16-18-56(19-17-55)32-6-9-49(10-7-32)11-14-54(15-12-49)25-30-26-57(27-30)41-23-35-34(22-39(41)50)47(62)58(48(35)63)40-4-5-44(59)52-45(40)60/h8,13,20-24,28,30,32,40H,4-7,9-12,14-19,25-27,29H2,1-3H3,(H,52,59,60). The number of likely N-dealkylation sites (tertiary alicyclic amines) is 1. The molecule has 6 aliphatic rings. The maximum atomic E-state index is 15.4. The lowest BCUT2D eigenvalue weighted by molar-refractivity contribution is -0.136. The van der Waals surface area contributed by atoms with E-state index in [1.165, 1.54) is 44.6 Å². The van der Waals surface area contributed by atoms with Crippen molar-refractivity contribution in [1.82, 2.24) is 34.5 Å². The van der Waals surface area contributed by atoms with Gasteiger partial charge in [0.2, 0.25) is 11.8 Å². The van der Waals surface area contributed by atoms with Crippen molar-refractivity contribution in [3.63, 3.8) is 0 Å². The number of nitrogens with one attached hydrogen (secondary N) is 1. The lowest BCUT2D eigenvalue weighted by Crippen LogP contribution is -2.54. The fourth-order valence-electron chi connectivity index (χ4n) is 11.6. The summed E-state index contributed by atoms with van der Waals surface area (Å²) in [6, 6.07) is 8.10. The molecule has 1 saturated carbocycles. The number of rotatable bonds is 10. The molecule has 4 saturated heterocycles. The molecule has 4 aromatic rings. The minimum atomic E-state index is -1.08. The maximum Gasteiger partial charge on any atom is 0.262 e. The van der Waals surface area contributed by atoms with E-state index in [0.717, 1.165) is 96.9 Å². The molecule has 5 aliphatic heterocycles. The van der Waals surface area contributed by atoms with E-state index in [2.05, 4.69) is 37.1 Å². The number of piperazine rings is 1. The van der Waals surface area contributed by atoms with Gasteiger partial charge in [0, 0.05) is 102 Å². The van der Waals surface area contributed by atoms with Crippen LogP contribution in [0.2, 0.25) is 0 Å². The predicted octanol–water partition coefficient (Wildman–Crippen LogP) is 4.44. The minimum absolute atomic E-state index is 0.0311. The number of fused-ring (bicyclic) bond motifs is 2. The van der Waals surface area contributed by atoms with Gasteiger partial charge in [0.15, 0.2) is 0 Å². The number of carbonyl (C=O) groups is 4. The third-order valence-corrected chi connectivity index (χ3v) is 15.5. The largest absolute Gasteiger partial charge is 0.496 e. The molecule has 1 N–H and O–H groups in total. The van der Waals surface area contributed by atoms with E-state index in [1.807, 2.05) is 17.2 Å². The summed E-state index contributed by atoms with van der Waals surface area (Å²) in [5.41, 5.74) is 3.55. The van der Waals surface area contributed by atoms with Crippen molar-refractivity contribution in [1.29, 1.82) is 0 Å². The van der Waals surface area contributed by atoms with Crippen molar-refractivity contribution in [2.75, 3.05) is 78.0 Å². The van der Waals surface area contributed by atoms with E-state index >= 15 is 4.39 Å². The average Bonchev–Trinajstić information content (AvgIpc) is 3.53. The third-order valence-electron chi connectivity index (χ3n) is 15.5. The fourth-order valence-corrected chi connectivity index (χ4v) is 11.6. The Hall–Kier alpha value is -5.71. The lowest BCUT2D eigenvalue weighted by Gasteiger charge is -2.50. The topological polar surface area (TPSA) is 150 Å². The maximum absolute atomic E-state index is 15.4. The number of aryl methyl sites for hydroxylation is 1. The molecule has 0 radical (unpaired) electrons. The van der Waals surface area contributed by atoms with E-state index in [9.17, 15) is 24.0 Å². The van der Waals surface area contributed by atoms with Crippen molar-refractivity contribution in [2.45, 2.75) is 70.0 Å². The van der Waals surface area contributed by atoms with Gasteiger partial charge >= 0.3 is 0 Å². The highest BCUT2D eigenvalue weighted by atomic mass is 19.1. The Morgan fingerprint density at radius 1 is 0.800 bits per heavy atom. The molecular formula is C49H57FN8O7. The zero-order valence-corrected chi connectivity index (χ0v) is 37.4. The molecule has 342 valence electrons. The molecule has 1 spiro atoms. The second kappa shape index (κ2) is 17.3. The Bertz CT molecular complexity index is 2600. The summed E-state index contributed by atoms with van der Waals surface area (Å²) in [7, 11) is 5.16. The van der Waals surface area contributed by atoms with Gasteiger partial charge in [0.25, 0.3) is 17.4 Å². The first-order valence-electron chi connectivity index (χ1n) is 23.1. The van der Waals surface area contributed by atoms with Crippen molar-refractivity contribution >= 4 is 40.1 Å². The molecule has 7 heterocycles. The first-order valence-corrected chi connectivity index (χ1v) is 23.1. The summed E-state index contributed by atoms with van der Waals surface area (Å²) in [5.74, 6) is -1.08. The molecule has 1 aliphatic carbocycles. The Morgan fingerprint density at radius 2 is 1.48 bits per heavy atom. The number of hydrogen-bond donors (Lipinski definition) is 1. The van der Waals surface area contributed by atoms with E-state index < -0.39 is 35.5 Å². The number of aromatic nitrogens is 2. The predicted molar refractivity (Wildman–Crippen MR) is 242 cm³/mol. The monoisotopic (exact) mass is 888 g/mol. The number of ether oxygens (including phenoxy) is 2. The summed E-state index contributed by atoms with van der Waals surface area (Å²) in [6.45, 7) is 9.20. The smallest absolute Gasteiger partial charge is 0.262 e. The van der Waals surface area contributed by atoms with Crippen LogP contribution in [0.15, 0.2) is 53.7 Å². The Morgan fingerprint density at radius 3 is 2.14 bits per heavy atom. The second-order valence-corrected chi connectivity index (χ2v) is 19.2. The van der Waals surface area contributed by atoms with Crippen LogP contribution in [0.5, 0.6) is 11.5 Å². The van der Waals surface area contributed by atoms with E-state index in [1.54, 1.807) is 38.2 Å². The highest BCUT2D eigenvalue weighted by molar-refractivity contribution is 6.23. The summed E-state index contributed by atoms with van der Waals surface area (Å²) in [6.07, 6.45) is 12.7. The summed E-state index contributed by atoms with van der Waals surface area (Å²) in [5, 5.41) is 3.61. The van der Waals surface area contributed by atoms with Crippen LogP contribution in [0, 0.1) is 17.2 Å². The number of carbonyl (C=O) groups excluding carboxylic acids is 4. The molecule has 1 unspecified atom stereocenters. The highest BCUT2D eigenvalue weighted by Gasteiger charge is 2.46. The number of imide groups is 2. The Labute approximate surface area is 377 Å². The quantitative estimate of drug-likeness (QED) is 0.225. The van der Waals surface area contributed by atoms with Gasteiger partial charge in [-0.25, -0.2) is 4.39 Å². The molecule has 2 aromatic heterocycles. The first kappa shape index (κ1) is 43.2. The van der Waals surface area contributed by atoms with Crippen LogP contribution in [0.25, 0.3) is 21.9 Å². The van der Waals surface area contributed by atoms with Crippen LogP contribution in [-0.2, 0) is 23.2 Å². The second-order valence-electron chi connectivity index (χ2n) is 19.2. The molecule has 15 nitrogen and oxygen atoms in total. The van der Waals surface area contributed by atoms with Gasteiger partial charge in [0.05, 0.1) is 42.0 Å². The molecule has 16 heteroatoms. The fraction of sp³-hybridized carbons (Fsp3) is 0.510. The summed E-state index contributed by atoms with van der Waals surface area (Å²) < 4.78 is 29.0. The van der Waals surface area contributed by atoms with E-state index in [-0.39, 0.29) is 29.5 Å². The molecule has 2 aromatic carbocycles. The highest BCUT2D eigenvalue weighted by Crippen LogP contribution is 2.46. The van der Waals surface area contributed by atoms with Crippen LogP contribution in [0.3, 0.4) is 0 Å². The molecular weight excluding hydrogens is 832 g/mol. The van der Waals surface area contributed by atoms with Gasteiger partial charge in [-0.2, -0.15) is 0 Å². The van der Waals surface area contributed by atoms with Crippen LogP contribution in [0.4, 0.5) is 10.1 Å². The van der Waals surface area contributed by atoms with Gasteiger partial charge in [-0.05, 0) is 105 Å². The number of benzene rings is 2. The zero-order chi connectivity index (χ0) is 45.1. The number of pyridine rings is 2. The van der Waals surface area contributed by atoms with Crippen molar-refractivity contribution in [2.24, 2.45) is 18.4 Å². The van der Waals surface area contributed by atoms with Gasteiger partial charge in [-0.15, -0.1) is 0 Å². The number of anilines is 1. The SMILES string of the molecule is COc1cc(-c2cn(C)c(=O)c3cnccc23)cc(OC)c1CN1CCN(C2CCC3(CC2)CCN(CC2CN(c4cc5c(cc4F)C(=O)N(C4CCC(=O)NC4=O)C5=O)C2)CC3)CC1. The number of nitrogens with zero attached hydrogens (tertiary/aromatic N) is 7.